The molecule has 0 N–H and O–H groups in total. The maximum absolute atomic E-state index is 13.4. The predicted octanol–water partition coefficient (Wildman–Crippen LogP) is 1.86. The van der Waals surface area contributed by atoms with Crippen LogP contribution >= 0.6 is 23.2 Å². The molecule has 0 aromatic carbocycles. The van der Waals surface area contributed by atoms with Crippen LogP contribution in [0.4, 0.5) is 10.2 Å². The molecule has 1 aromatic rings. The molecule has 1 atom stereocenters. The lowest BCUT2D eigenvalue weighted by atomic mass is 10.1. The number of alkyl halides is 1. The van der Waals surface area contributed by atoms with Crippen LogP contribution in [0.5, 0.6) is 0 Å². The number of anilines is 1. The summed E-state index contributed by atoms with van der Waals surface area (Å²) in [6.07, 6.45) is 1.26. The second kappa shape index (κ2) is 4.51. The summed E-state index contributed by atoms with van der Waals surface area (Å²) in [5.41, 5.74) is 0. The van der Waals surface area contributed by atoms with Gasteiger partial charge in [-0.3, -0.25) is 9.69 Å². The number of carbonyl (C=O) groups is 1. The molecule has 7 heteroatoms. The number of halogens is 3. The van der Waals surface area contributed by atoms with E-state index in [0.29, 0.717) is 18.8 Å². The molecule has 2 rings (SSSR count). The third-order valence-electron chi connectivity index (χ3n) is 2.38. The standard InChI is InChI=1S/C9H8Cl2FN3O/c10-2-5-1-7(16)15(4-5)8-6(12)3-13-9(11)14-8/h3,5H,1-2,4H2. The Morgan fingerprint density at radius 2 is 2.38 bits per heavy atom. The number of aromatic nitrogens is 2. The quantitative estimate of drug-likeness (QED) is 0.605. The van der Waals surface area contributed by atoms with E-state index in [2.05, 4.69) is 9.97 Å². The summed E-state index contributed by atoms with van der Waals surface area (Å²) < 4.78 is 13.4. The Balaban J connectivity index is 2.30. The van der Waals surface area contributed by atoms with E-state index in [1.165, 1.54) is 4.90 Å². The highest BCUT2D eigenvalue weighted by Gasteiger charge is 2.32. The van der Waals surface area contributed by atoms with Gasteiger partial charge >= 0.3 is 0 Å². The van der Waals surface area contributed by atoms with Crippen molar-refractivity contribution in [2.24, 2.45) is 5.92 Å². The number of hydrogen-bond donors (Lipinski definition) is 0. The second-order valence-electron chi connectivity index (χ2n) is 3.54. The van der Waals surface area contributed by atoms with E-state index >= 15 is 0 Å². The van der Waals surface area contributed by atoms with Gasteiger partial charge < -0.3 is 0 Å². The normalized spacial score (nSPS) is 20.6. The van der Waals surface area contributed by atoms with Crippen molar-refractivity contribution in [2.75, 3.05) is 17.3 Å². The minimum Gasteiger partial charge on any atom is -0.294 e. The van der Waals surface area contributed by atoms with Gasteiger partial charge in [-0.15, -0.1) is 11.6 Å². The van der Waals surface area contributed by atoms with Crippen LogP contribution in [0.1, 0.15) is 6.42 Å². The molecule has 4 nitrogen and oxygen atoms in total. The van der Waals surface area contributed by atoms with Crippen molar-refractivity contribution < 1.29 is 9.18 Å². The van der Waals surface area contributed by atoms with E-state index in [0.717, 1.165) is 6.20 Å². The van der Waals surface area contributed by atoms with Crippen molar-refractivity contribution in [2.45, 2.75) is 6.42 Å². The zero-order valence-corrected chi connectivity index (χ0v) is 9.67. The summed E-state index contributed by atoms with van der Waals surface area (Å²) in [7, 11) is 0. The predicted molar refractivity (Wildman–Crippen MR) is 58.2 cm³/mol. The molecule has 0 saturated carbocycles. The Kier molecular flexibility index (Phi) is 3.25. The average Bonchev–Trinajstić information content (AvgIpc) is 2.63. The van der Waals surface area contributed by atoms with Crippen molar-refractivity contribution in [3.8, 4) is 0 Å². The molecule has 0 bridgehead atoms. The van der Waals surface area contributed by atoms with E-state index in [9.17, 15) is 9.18 Å². The molecule has 1 aromatic heterocycles. The first-order valence-electron chi connectivity index (χ1n) is 4.66. The van der Waals surface area contributed by atoms with Crippen LogP contribution in [-0.2, 0) is 4.79 Å². The van der Waals surface area contributed by atoms with Crippen molar-refractivity contribution in [3.63, 3.8) is 0 Å². The van der Waals surface area contributed by atoms with Gasteiger partial charge in [0.1, 0.15) is 0 Å². The van der Waals surface area contributed by atoms with Gasteiger partial charge in [0.15, 0.2) is 11.6 Å². The zero-order valence-electron chi connectivity index (χ0n) is 8.16. The molecule has 0 aliphatic carbocycles. The van der Waals surface area contributed by atoms with Crippen LogP contribution < -0.4 is 4.90 Å². The first kappa shape index (κ1) is 11.5. The second-order valence-corrected chi connectivity index (χ2v) is 4.19. The highest BCUT2D eigenvalue weighted by molar-refractivity contribution is 6.28. The lowest BCUT2D eigenvalue weighted by Gasteiger charge is -2.15. The number of amides is 1. The van der Waals surface area contributed by atoms with Crippen LogP contribution in [0.3, 0.4) is 0 Å². The molecule has 0 radical (unpaired) electrons. The maximum atomic E-state index is 13.4. The Hall–Kier alpha value is -0.940. The van der Waals surface area contributed by atoms with Crippen LogP contribution in [-0.4, -0.2) is 28.3 Å². The van der Waals surface area contributed by atoms with Gasteiger partial charge in [0, 0.05) is 18.8 Å². The molecule has 1 aliphatic heterocycles. The Morgan fingerprint density at radius 1 is 1.62 bits per heavy atom. The van der Waals surface area contributed by atoms with Crippen LogP contribution in [0.15, 0.2) is 6.20 Å². The largest absolute Gasteiger partial charge is 0.294 e. The van der Waals surface area contributed by atoms with Gasteiger partial charge in [0.25, 0.3) is 0 Å². The molecule has 1 saturated heterocycles. The molecule has 1 fully saturated rings. The fourth-order valence-electron chi connectivity index (χ4n) is 1.62. The molecule has 86 valence electrons. The fourth-order valence-corrected chi connectivity index (χ4v) is 1.95. The highest BCUT2D eigenvalue weighted by atomic mass is 35.5. The summed E-state index contributed by atoms with van der Waals surface area (Å²) in [6, 6.07) is 0. The Bertz CT molecular complexity index is 429. The summed E-state index contributed by atoms with van der Waals surface area (Å²) in [4.78, 5) is 20.1. The smallest absolute Gasteiger partial charge is 0.228 e. The van der Waals surface area contributed by atoms with Gasteiger partial charge in [-0.1, -0.05) is 0 Å². The third kappa shape index (κ3) is 2.10. The van der Waals surface area contributed by atoms with Crippen molar-refractivity contribution in [1.29, 1.82) is 0 Å². The number of nitrogens with zero attached hydrogens (tertiary/aromatic N) is 3. The van der Waals surface area contributed by atoms with E-state index in [-0.39, 0.29) is 22.9 Å². The molecule has 1 aliphatic rings. The van der Waals surface area contributed by atoms with E-state index < -0.39 is 5.82 Å². The lowest BCUT2D eigenvalue weighted by molar-refractivity contribution is -0.117. The molecular weight excluding hydrogens is 256 g/mol. The summed E-state index contributed by atoms with van der Waals surface area (Å²) in [5.74, 6) is -0.532. The van der Waals surface area contributed by atoms with Crippen LogP contribution in [0, 0.1) is 11.7 Å². The van der Waals surface area contributed by atoms with Crippen LogP contribution in [0.2, 0.25) is 5.28 Å². The maximum Gasteiger partial charge on any atom is 0.228 e. The Labute approximate surface area is 101 Å². The SMILES string of the molecule is O=C1CC(CCl)CN1c1nc(Cl)ncc1F. The van der Waals surface area contributed by atoms with Gasteiger partial charge in [0.05, 0.1) is 6.20 Å². The number of carbonyl (C=O) groups excluding carboxylic acids is 1. The molecule has 16 heavy (non-hydrogen) atoms. The molecule has 1 unspecified atom stereocenters. The van der Waals surface area contributed by atoms with E-state index in [1.807, 2.05) is 0 Å². The van der Waals surface area contributed by atoms with Gasteiger partial charge in [-0.05, 0) is 17.5 Å². The van der Waals surface area contributed by atoms with Crippen molar-refractivity contribution in [1.82, 2.24) is 9.97 Å². The minimum atomic E-state index is -0.659. The topological polar surface area (TPSA) is 46.1 Å². The monoisotopic (exact) mass is 263 g/mol. The molecular formula is C9H8Cl2FN3O. The van der Waals surface area contributed by atoms with E-state index in [1.54, 1.807) is 0 Å². The van der Waals surface area contributed by atoms with Gasteiger partial charge in [-0.2, -0.15) is 4.98 Å². The summed E-state index contributed by atoms with van der Waals surface area (Å²) in [5, 5.41) is -0.0847. The van der Waals surface area contributed by atoms with Crippen LogP contribution in [0.25, 0.3) is 0 Å². The minimum absolute atomic E-state index is 0.0299. The number of rotatable bonds is 2. The zero-order chi connectivity index (χ0) is 11.7. The van der Waals surface area contributed by atoms with Crippen molar-refractivity contribution >= 4 is 34.9 Å². The van der Waals surface area contributed by atoms with Crippen molar-refractivity contribution in [3.05, 3.63) is 17.3 Å². The third-order valence-corrected chi connectivity index (χ3v) is 2.99. The Morgan fingerprint density at radius 3 is 3.00 bits per heavy atom. The fraction of sp³-hybridized carbons (Fsp3) is 0.444. The number of hydrogen-bond acceptors (Lipinski definition) is 3. The van der Waals surface area contributed by atoms with E-state index in [4.69, 9.17) is 23.2 Å². The van der Waals surface area contributed by atoms with Gasteiger partial charge in [0.2, 0.25) is 11.2 Å². The summed E-state index contributed by atoms with van der Waals surface area (Å²) in [6.45, 7) is 0.368. The average molecular weight is 264 g/mol. The molecule has 2 heterocycles. The van der Waals surface area contributed by atoms with Gasteiger partial charge in [-0.25, -0.2) is 9.37 Å². The summed E-state index contributed by atoms with van der Waals surface area (Å²) >= 11 is 11.2. The first-order chi connectivity index (χ1) is 7.61. The lowest BCUT2D eigenvalue weighted by Crippen LogP contribution is -2.27. The molecule has 1 amide bonds. The molecule has 0 spiro atoms. The first-order valence-corrected chi connectivity index (χ1v) is 5.57. The highest BCUT2D eigenvalue weighted by Crippen LogP contribution is 2.26.